The first kappa shape index (κ1) is 21.1. The number of hydrogen-bond acceptors (Lipinski definition) is 6. The Hall–Kier alpha value is -1.76. The molecule has 2 aliphatic heterocycles. The Labute approximate surface area is 183 Å². The Kier molecular flexibility index (Phi) is 4.07. The molecule has 31 heavy (non-hydrogen) atoms. The first-order valence-corrected chi connectivity index (χ1v) is 11.2. The number of methoxy groups -OCH3 is 1. The lowest BCUT2D eigenvalue weighted by atomic mass is 9.54. The third-order valence-electron chi connectivity index (χ3n) is 9.34. The van der Waals surface area contributed by atoms with Crippen LogP contribution < -0.4 is 4.74 Å². The van der Waals surface area contributed by atoms with Crippen LogP contribution in [-0.4, -0.2) is 41.3 Å². The maximum atomic E-state index is 13.7. The summed E-state index contributed by atoms with van der Waals surface area (Å²) in [6, 6.07) is 3.71. The van der Waals surface area contributed by atoms with E-state index in [1.807, 2.05) is 53.7 Å². The van der Waals surface area contributed by atoms with Crippen molar-refractivity contribution in [2.24, 2.45) is 23.2 Å². The monoisotopic (exact) mass is 428 g/mol. The first-order chi connectivity index (χ1) is 14.4. The van der Waals surface area contributed by atoms with Gasteiger partial charge in [0.1, 0.15) is 17.5 Å². The molecule has 6 heteroatoms. The van der Waals surface area contributed by atoms with Gasteiger partial charge in [0.05, 0.1) is 18.1 Å². The second kappa shape index (κ2) is 5.97. The zero-order chi connectivity index (χ0) is 22.7. The van der Waals surface area contributed by atoms with Gasteiger partial charge in [0.15, 0.2) is 5.79 Å². The quantitative estimate of drug-likeness (QED) is 0.689. The Balaban J connectivity index is 1.79. The molecular formula is C25H32O6. The zero-order valence-corrected chi connectivity index (χ0v) is 19.4. The van der Waals surface area contributed by atoms with Crippen LogP contribution in [0.1, 0.15) is 68.9 Å². The van der Waals surface area contributed by atoms with Gasteiger partial charge in [-0.15, -0.1) is 0 Å². The molecule has 1 aromatic carbocycles. The number of aliphatic hydroxyl groups excluding tert-OH is 1. The number of ketones is 2. The minimum atomic E-state index is -1.23. The van der Waals surface area contributed by atoms with Crippen molar-refractivity contribution in [3.8, 4) is 5.75 Å². The molecule has 168 valence electrons. The van der Waals surface area contributed by atoms with Gasteiger partial charge in [-0.25, -0.2) is 0 Å². The van der Waals surface area contributed by atoms with Gasteiger partial charge in [-0.2, -0.15) is 0 Å². The highest BCUT2D eigenvalue weighted by molar-refractivity contribution is 6.47. The number of fused-ring (bicyclic) bond motifs is 1. The molecule has 2 aliphatic carbocycles. The highest BCUT2D eigenvalue weighted by Crippen LogP contribution is 2.71. The van der Waals surface area contributed by atoms with E-state index in [2.05, 4.69) is 0 Å². The lowest BCUT2D eigenvalue weighted by Gasteiger charge is -2.59. The normalized spacial score (nSPS) is 45.0. The van der Waals surface area contributed by atoms with Crippen molar-refractivity contribution >= 4 is 11.6 Å². The molecule has 0 amide bonds. The molecule has 1 N–H and O–H groups in total. The van der Waals surface area contributed by atoms with Crippen LogP contribution in [0.3, 0.4) is 0 Å². The highest BCUT2D eigenvalue weighted by Gasteiger charge is 2.78. The topological polar surface area (TPSA) is 82.1 Å². The number of hydrogen-bond donors (Lipinski definition) is 1. The van der Waals surface area contributed by atoms with Crippen LogP contribution in [0.25, 0.3) is 0 Å². The molecule has 6 nitrogen and oxygen atoms in total. The number of aliphatic hydroxyl groups is 1. The SMILES string of the molecule is COc1ccc2c(c1C)C(=O)C(=O)[C@]1(C)[C@@H]3CC[C@]21O[C@@]1(OC(C)(C)[C@@H](C)[C@H]1O)[C@H]3C. The number of carbonyl (C=O) groups is 2. The van der Waals surface area contributed by atoms with Crippen molar-refractivity contribution in [3.05, 3.63) is 28.8 Å². The third-order valence-corrected chi connectivity index (χ3v) is 9.34. The van der Waals surface area contributed by atoms with Crippen LogP contribution in [0.4, 0.5) is 0 Å². The zero-order valence-electron chi connectivity index (χ0n) is 19.4. The van der Waals surface area contributed by atoms with Crippen molar-refractivity contribution in [1.82, 2.24) is 0 Å². The average Bonchev–Trinajstić information content (AvgIpc) is 3.05. The van der Waals surface area contributed by atoms with Crippen LogP contribution in [0, 0.1) is 30.1 Å². The van der Waals surface area contributed by atoms with E-state index in [4.69, 9.17) is 14.2 Å². The number of rotatable bonds is 1. The number of carbonyl (C=O) groups excluding carboxylic acids is 2. The minimum Gasteiger partial charge on any atom is -0.496 e. The summed E-state index contributed by atoms with van der Waals surface area (Å²) < 4.78 is 18.9. The van der Waals surface area contributed by atoms with Gasteiger partial charge >= 0.3 is 0 Å². The summed E-state index contributed by atoms with van der Waals surface area (Å²) in [6.45, 7) is 11.6. The predicted molar refractivity (Wildman–Crippen MR) is 113 cm³/mol. The molecule has 0 unspecified atom stereocenters. The number of benzene rings is 1. The van der Waals surface area contributed by atoms with Crippen molar-refractivity contribution in [1.29, 1.82) is 0 Å². The molecule has 2 heterocycles. The fourth-order valence-corrected chi connectivity index (χ4v) is 7.21. The number of ether oxygens (including phenoxy) is 3. The molecule has 0 aromatic heterocycles. The van der Waals surface area contributed by atoms with Gasteiger partial charge in [0.25, 0.3) is 0 Å². The molecule has 3 fully saturated rings. The summed E-state index contributed by atoms with van der Waals surface area (Å²) >= 11 is 0. The number of Topliss-reactive ketones (excluding diaryl/α,β-unsaturated/α-hetero) is 2. The van der Waals surface area contributed by atoms with Gasteiger partial charge in [-0.3, -0.25) is 9.59 Å². The van der Waals surface area contributed by atoms with E-state index >= 15 is 0 Å². The second-order valence-electron chi connectivity index (χ2n) is 10.7. The summed E-state index contributed by atoms with van der Waals surface area (Å²) in [4.78, 5) is 27.1. The van der Waals surface area contributed by atoms with Crippen molar-refractivity contribution in [2.45, 2.75) is 77.5 Å². The van der Waals surface area contributed by atoms with E-state index in [0.29, 0.717) is 23.3 Å². The van der Waals surface area contributed by atoms with E-state index in [1.54, 1.807) is 7.11 Å². The lowest BCUT2D eigenvalue weighted by Crippen LogP contribution is -2.69. The van der Waals surface area contributed by atoms with Crippen LogP contribution in [0.15, 0.2) is 12.1 Å². The average molecular weight is 429 g/mol. The van der Waals surface area contributed by atoms with Crippen LogP contribution in [0.5, 0.6) is 5.75 Å². The second-order valence-corrected chi connectivity index (χ2v) is 10.7. The molecule has 1 saturated carbocycles. The standard InChI is InChI=1S/C25H32O6/c1-12-17(29-7)9-8-16-18(12)19(26)21(28)23(6)15-10-11-24(16,23)31-25(13(15)2)20(27)14(3)22(4,5)30-25/h8-9,13-15,20,27H,10-11H2,1-7H3/t13-,14-,15+,20+,23-,24-,25-/m0/s1. The van der Waals surface area contributed by atoms with E-state index in [-0.39, 0.29) is 17.8 Å². The maximum Gasteiger partial charge on any atom is 0.230 e. The van der Waals surface area contributed by atoms with E-state index in [9.17, 15) is 14.7 Å². The summed E-state index contributed by atoms with van der Waals surface area (Å²) in [5.41, 5.74) is -0.849. The van der Waals surface area contributed by atoms with Crippen molar-refractivity contribution in [2.75, 3.05) is 7.11 Å². The Morgan fingerprint density at radius 3 is 2.35 bits per heavy atom. The van der Waals surface area contributed by atoms with Crippen LogP contribution >= 0.6 is 0 Å². The predicted octanol–water partition coefficient (Wildman–Crippen LogP) is 3.55. The molecule has 1 aromatic rings. The smallest absolute Gasteiger partial charge is 0.230 e. The summed E-state index contributed by atoms with van der Waals surface area (Å²) in [5, 5.41) is 11.4. The Morgan fingerprint density at radius 1 is 1.10 bits per heavy atom. The lowest BCUT2D eigenvalue weighted by molar-refractivity contribution is -0.382. The van der Waals surface area contributed by atoms with Crippen molar-refractivity contribution < 1.29 is 28.9 Å². The molecule has 4 aliphatic rings. The van der Waals surface area contributed by atoms with Gasteiger partial charge < -0.3 is 19.3 Å². The van der Waals surface area contributed by atoms with Crippen molar-refractivity contribution in [3.63, 3.8) is 0 Å². The Bertz CT molecular complexity index is 1010. The van der Waals surface area contributed by atoms with Gasteiger partial charge in [0, 0.05) is 23.0 Å². The molecule has 1 spiro atoms. The van der Waals surface area contributed by atoms with E-state index in [0.717, 1.165) is 12.0 Å². The Morgan fingerprint density at radius 2 is 1.77 bits per heavy atom. The molecule has 5 rings (SSSR count). The third kappa shape index (κ3) is 2.10. The van der Waals surface area contributed by atoms with Gasteiger partial charge in [-0.05, 0) is 58.1 Å². The summed E-state index contributed by atoms with van der Waals surface area (Å²) in [7, 11) is 1.55. The molecule has 0 radical (unpaired) electrons. The van der Waals surface area contributed by atoms with Crippen LogP contribution in [0.2, 0.25) is 0 Å². The molecule has 2 bridgehead atoms. The summed E-state index contributed by atoms with van der Waals surface area (Å²) in [6.07, 6.45) is 0.492. The molecular weight excluding hydrogens is 396 g/mol. The van der Waals surface area contributed by atoms with Gasteiger partial charge in [0.2, 0.25) is 11.6 Å². The fourth-order valence-electron chi connectivity index (χ4n) is 7.21. The summed E-state index contributed by atoms with van der Waals surface area (Å²) in [5.74, 6) is -2.05. The minimum absolute atomic E-state index is 0.135. The maximum absolute atomic E-state index is 13.7. The van der Waals surface area contributed by atoms with Gasteiger partial charge in [-0.1, -0.05) is 19.9 Å². The largest absolute Gasteiger partial charge is 0.496 e. The first-order valence-electron chi connectivity index (χ1n) is 11.2. The molecule has 7 atom stereocenters. The fraction of sp³-hybridized carbons (Fsp3) is 0.680. The van der Waals surface area contributed by atoms with E-state index in [1.165, 1.54) is 0 Å². The highest BCUT2D eigenvalue weighted by atomic mass is 16.7. The van der Waals surface area contributed by atoms with E-state index < -0.39 is 40.1 Å². The van der Waals surface area contributed by atoms with Crippen LogP contribution in [-0.2, 0) is 19.9 Å². The molecule has 2 saturated heterocycles.